The minimum absolute atomic E-state index is 0.635. The summed E-state index contributed by atoms with van der Waals surface area (Å²) in [6, 6.07) is 18.3. The molecule has 0 spiro atoms. The number of benzene rings is 3. The summed E-state index contributed by atoms with van der Waals surface area (Å²) in [5.41, 5.74) is 6.06. The molecule has 0 radical (unpaired) electrons. The van der Waals surface area contributed by atoms with Crippen molar-refractivity contribution < 1.29 is 13.9 Å². The summed E-state index contributed by atoms with van der Waals surface area (Å²) in [5.74, 6) is 2.04. The molecule has 0 saturated carbocycles. The third-order valence-electron chi connectivity index (χ3n) is 5.49. The number of pyridine rings is 1. The molecule has 31 heavy (non-hydrogen) atoms. The van der Waals surface area contributed by atoms with Gasteiger partial charge in [-0.2, -0.15) is 0 Å². The molecular weight excluding hydrogens is 388 g/mol. The zero-order chi connectivity index (χ0) is 21.4. The molecule has 2 aromatic heterocycles. The Hall–Kier alpha value is -3.86. The lowest BCUT2D eigenvalue weighted by Crippen LogP contribution is -1.95. The summed E-state index contributed by atoms with van der Waals surface area (Å²) in [6.07, 6.45) is 4.47. The van der Waals surface area contributed by atoms with Crippen molar-refractivity contribution in [1.82, 2.24) is 9.97 Å². The largest absolute Gasteiger partial charge is 0.493 e. The summed E-state index contributed by atoms with van der Waals surface area (Å²) in [4.78, 5) is 9.13. The number of aromatic nitrogens is 2. The molecule has 154 valence electrons. The molecule has 0 atom stereocenters. The van der Waals surface area contributed by atoms with Gasteiger partial charge in [-0.05, 0) is 66.3 Å². The smallest absolute Gasteiger partial charge is 0.227 e. The molecule has 5 rings (SSSR count). The van der Waals surface area contributed by atoms with E-state index >= 15 is 0 Å². The van der Waals surface area contributed by atoms with Gasteiger partial charge in [-0.15, -0.1) is 0 Å². The summed E-state index contributed by atoms with van der Waals surface area (Å²) < 4.78 is 16.9. The van der Waals surface area contributed by atoms with Crippen LogP contribution in [-0.2, 0) is 6.42 Å². The van der Waals surface area contributed by atoms with Gasteiger partial charge in [0, 0.05) is 23.3 Å². The number of hydrogen-bond donors (Lipinski definition) is 0. The first kappa shape index (κ1) is 19.1. The maximum absolute atomic E-state index is 5.97. The van der Waals surface area contributed by atoms with E-state index in [1.807, 2.05) is 42.7 Å². The Morgan fingerprint density at radius 1 is 0.871 bits per heavy atom. The standard InChI is InChI=1S/C26H22N2O3/c1-16-4-7-18(8-5-16)26-28-22-11-17(6-9-23(22)31-26)10-19-14-27-15-20-12-24(29-2)25(30-3)13-21(19)20/h4-9,11-15H,10H2,1-3H3. The predicted molar refractivity (Wildman–Crippen MR) is 122 cm³/mol. The molecule has 0 fully saturated rings. The van der Waals surface area contributed by atoms with Gasteiger partial charge in [-0.1, -0.05) is 23.8 Å². The Kier molecular flexibility index (Phi) is 4.79. The maximum atomic E-state index is 5.97. The molecule has 0 unspecified atom stereocenters. The van der Waals surface area contributed by atoms with Gasteiger partial charge in [0.2, 0.25) is 5.89 Å². The van der Waals surface area contributed by atoms with Crippen molar-refractivity contribution in [3.05, 3.63) is 83.7 Å². The molecule has 5 nitrogen and oxygen atoms in total. The van der Waals surface area contributed by atoms with Crippen molar-refractivity contribution in [3.8, 4) is 23.0 Å². The molecule has 0 N–H and O–H groups in total. The lowest BCUT2D eigenvalue weighted by molar-refractivity contribution is 0.356. The fraction of sp³-hybridized carbons (Fsp3) is 0.154. The first-order chi connectivity index (χ1) is 15.1. The maximum Gasteiger partial charge on any atom is 0.227 e. The highest BCUT2D eigenvalue weighted by atomic mass is 16.5. The topological polar surface area (TPSA) is 57.4 Å². The van der Waals surface area contributed by atoms with E-state index in [1.54, 1.807) is 14.2 Å². The molecular formula is C26H22N2O3. The monoisotopic (exact) mass is 410 g/mol. The van der Waals surface area contributed by atoms with Gasteiger partial charge in [-0.3, -0.25) is 4.98 Å². The highest BCUT2D eigenvalue weighted by molar-refractivity contribution is 5.88. The highest BCUT2D eigenvalue weighted by Gasteiger charge is 2.12. The van der Waals surface area contributed by atoms with Crippen LogP contribution in [0.3, 0.4) is 0 Å². The summed E-state index contributed by atoms with van der Waals surface area (Å²) in [5, 5.41) is 2.10. The molecule has 5 heteroatoms. The van der Waals surface area contributed by atoms with Gasteiger partial charge in [0.25, 0.3) is 0 Å². The molecule has 0 aliphatic heterocycles. The average molecular weight is 410 g/mol. The van der Waals surface area contributed by atoms with E-state index in [2.05, 4.69) is 36.2 Å². The zero-order valence-electron chi connectivity index (χ0n) is 17.7. The molecule has 2 heterocycles. The molecule has 0 aliphatic carbocycles. The molecule has 0 bridgehead atoms. The lowest BCUT2D eigenvalue weighted by Gasteiger charge is -2.11. The first-order valence-corrected chi connectivity index (χ1v) is 10.1. The minimum atomic E-state index is 0.635. The number of aryl methyl sites for hydroxylation is 1. The summed E-state index contributed by atoms with van der Waals surface area (Å²) in [7, 11) is 3.29. The second-order valence-electron chi connectivity index (χ2n) is 7.59. The van der Waals surface area contributed by atoms with Crippen LogP contribution in [0.25, 0.3) is 33.3 Å². The van der Waals surface area contributed by atoms with Crippen LogP contribution in [0.15, 0.2) is 71.4 Å². The number of methoxy groups -OCH3 is 2. The van der Waals surface area contributed by atoms with Crippen LogP contribution in [-0.4, -0.2) is 24.2 Å². The average Bonchev–Trinajstić information content (AvgIpc) is 3.22. The number of hydrogen-bond acceptors (Lipinski definition) is 5. The number of nitrogens with zero attached hydrogens (tertiary/aromatic N) is 2. The van der Waals surface area contributed by atoms with E-state index in [9.17, 15) is 0 Å². The van der Waals surface area contributed by atoms with Crippen LogP contribution in [0, 0.1) is 6.92 Å². The normalized spacial score (nSPS) is 11.2. The molecule has 3 aromatic carbocycles. The quantitative estimate of drug-likeness (QED) is 0.358. The third kappa shape index (κ3) is 3.59. The summed E-state index contributed by atoms with van der Waals surface area (Å²) in [6.45, 7) is 2.07. The first-order valence-electron chi connectivity index (χ1n) is 10.1. The van der Waals surface area contributed by atoms with E-state index in [0.29, 0.717) is 17.4 Å². The Labute approximate surface area is 180 Å². The molecule has 5 aromatic rings. The fourth-order valence-corrected chi connectivity index (χ4v) is 3.82. The van der Waals surface area contributed by atoms with Gasteiger partial charge >= 0.3 is 0 Å². The van der Waals surface area contributed by atoms with Gasteiger partial charge < -0.3 is 13.9 Å². The van der Waals surface area contributed by atoms with E-state index < -0.39 is 0 Å². The SMILES string of the molecule is COc1cc2cncc(Cc3ccc4oc(-c5ccc(C)cc5)nc4c3)c2cc1OC. The van der Waals surface area contributed by atoms with Gasteiger partial charge in [0.1, 0.15) is 5.52 Å². The number of rotatable bonds is 5. The van der Waals surface area contributed by atoms with E-state index in [1.165, 1.54) is 5.56 Å². The Morgan fingerprint density at radius 2 is 1.65 bits per heavy atom. The molecule has 0 amide bonds. The Morgan fingerprint density at radius 3 is 2.42 bits per heavy atom. The van der Waals surface area contributed by atoms with Crippen LogP contribution in [0.5, 0.6) is 11.5 Å². The van der Waals surface area contributed by atoms with Crippen LogP contribution in [0.2, 0.25) is 0 Å². The van der Waals surface area contributed by atoms with Crippen LogP contribution < -0.4 is 9.47 Å². The Balaban J connectivity index is 1.51. The summed E-state index contributed by atoms with van der Waals surface area (Å²) >= 11 is 0. The second-order valence-corrected chi connectivity index (χ2v) is 7.59. The van der Waals surface area contributed by atoms with E-state index in [4.69, 9.17) is 18.9 Å². The van der Waals surface area contributed by atoms with Gasteiger partial charge in [-0.25, -0.2) is 4.98 Å². The minimum Gasteiger partial charge on any atom is -0.493 e. The van der Waals surface area contributed by atoms with Crippen molar-refractivity contribution in [2.45, 2.75) is 13.3 Å². The number of oxazole rings is 1. The number of ether oxygens (including phenoxy) is 2. The number of fused-ring (bicyclic) bond motifs is 2. The van der Waals surface area contributed by atoms with E-state index in [-0.39, 0.29) is 0 Å². The van der Waals surface area contributed by atoms with Crippen LogP contribution >= 0.6 is 0 Å². The van der Waals surface area contributed by atoms with Crippen molar-refractivity contribution in [1.29, 1.82) is 0 Å². The second kappa shape index (κ2) is 7.76. The van der Waals surface area contributed by atoms with Crippen LogP contribution in [0.1, 0.15) is 16.7 Å². The van der Waals surface area contributed by atoms with E-state index in [0.717, 1.165) is 45.0 Å². The molecule has 0 saturated heterocycles. The highest BCUT2D eigenvalue weighted by Crippen LogP contribution is 2.34. The molecule has 0 aliphatic rings. The van der Waals surface area contributed by atoms with Crippen LogP contribution in [0.4, 0.5) is 0 Å². The van der Waals surface area contributed by atoms with Crippen molar-refractivity contribution in [2.24, 2.45) is 0 Å². The fourth-order valence-electron chi connectivity index (χ4n) is 3.82. The van der Waals surface area contributed by atoms with Crippen molar-refractivity contribution in [3.63, 3.8) is 0 Å². The van der Waals surface area contributed by atoms with Gasteiger partial charge in [0.15, 0.2) is 17.1 Å². The predicted octanol–water partition coefficient (Wildman–Crippen LogP) is 5.96. The van der Waals surface area contributed by atoms with Crippen molar-refractivity contribution in [2.75, 3.05) is 14.2 Å². The zero-order valence-corrected chi connectivity index (χ0v) is 17.7. The van der Waals surface area contributed by atoms with Gasteiger partial charge in [0.05, 0.1) is 14.2 Å². The van der Waals surface area contributed by atoms with Crippen molar-refractivity contribution >= 4 is 21.9 Å². The third-order valence-corrected chi connectivity index (χ3v) is 5.49. The Bertz CT molecular complexity index is 1390. The lowest BCUT2D eigenvalue weighted by atomic mass is 10.00.